The highest BCUT2D eigenvalue weighted by molar-refractivity contribution is 6.19. The summed E-state index contributed by atoms with van der Waals surface area (Å²) >= 11 is 0. The molecular weight excluding hydrogens is 629 g/mol. The predicted octanol–water partition coefficient (Wildman–Crippen LogP) is 13.5. The van der Waals surface area contributed by atoms with Crippen LogP contribution in [0.2, 0.25) is 0 Å². The molecule has 0 bridgehead atoms. The molecule has 9 aromatic carbocycles. The first kappa shape index (κ1) is 27.9. The Balaban J connectivity index is 1.09. The van der Waals surface area contributed by atoms with Gasteiger partial charge in [0, 0.05) is 38.3 Å². The molecule has 0 atom stereocenters. The fourth-order valence-electron chi connectivity index (χ4n) is 9.15. The van der Waals surface area contributed by atoms with Crippen molar-refractivity contribution in [3.8, 4) is 44.8 Å². The van der Waals surface area contributed by atoms with Crippen LogP contribution in [-0.4, -0.2) is 9.13 Å². The van der Waals surface area contributed by atoms with Crippen molar-refractivity contribution in [1.29, 1.82) is 0 Å². The molecule has 240 valence electrons. The van der Waals surface area contributed by atoms with Crippen molar-refractivity contribution in [2.45, 2.75) is 0 Å². The maximum absolute atomic E-state index is 2.46. The number of benzene rings is 9. The number of nitrogens with zero attached hydrogens (tertiary/aromatic N) is 2. The van der Waals surface area contributed by atoms with Crippen LogP contribution in [0.4, 0.5) is 0 Å². The molecule has 0 saturated heterocycles. The molecule has 0 radical (unpaired) electrons. The van der Waals surface area contributed by atoms with Gasteiger partial charge in [0.25, 0.3) is 0 Å². The molecule has 2 nitrogen and oxygen atoms in total. The summed E-state index contributed by atoms with van der Waals surface area (Å²) < 4.78 is 4.92. The molecule has 12 rings (SSSR count). The average molecular weight is 659 g/mol. The van der Waals surface area contributed by atoms with Gasteiger partial charge in [0.05, 0.1) is 22.1 Å². The lowest BCUT2D eigenvalue weighted by atomic mass is 10.0. The van der Waals surface area contributed by atoms with Crippen molar-refractivity contribution in [2.75, 3.05) is 0 Å². The van der Waals surface area contributed by atoms with Crippen molar-refractivity contribution in [3.05, 3.63) is 182 Å². The largest absolute Gasteiger partial charge is 0.309 e. The number of para-hydroxylation sites is 2. The first-order valence-electron chi connectivity index (χ1n) is 18.0. The van der Waals surface area contributed by atoms with Crippen LogP contribution in [0.1, 0.15) is 0 Å². The second-order valence-electron chi connectivity index (χ2n) is 14.1. The van der Waals surface area contributed by atoms with Crippen LogP contribution < -0.4 is 0 Å². The highest BCUT2D eigenvalue weighted by Gasteiger charge is 2.23. The summed E-state index contributed by atoms with van der Waals surface area (Å²) in [5.74, 6) is 0. The Morgan fingerprint density at radius 1 is 0.288 bits per heavy atom. The van der Waals surface area contributed by atoms with E-state index in [1.165, 1.54) is 110 Å². The third-order valence-electron chi connectivity index (χ3n) is 11.4. The molecule has 0 spiro atoms. The Bertz CT molecular complexity index is 3280. The maximum atomic E-state index is 2.46. The molecule has 0 fully saturated rings. The average Bonchev–Trinajstić information content (AvgIpc) is 3.84. The quantitative estimate of drug-likeness (QED) is 0.179. The molecule has 0 unspecified atom stereocenters. The van der Waals surface area contributed by atoms with E-state index in [2.05, 4.69) is 191 Å². The second kappa shape index (κ2) is 10.3. The van der Waals surface area contributed by atoms with Crippen molar-refractivity contribution >= 4 is 65.2 Å². The molecule has 1 aliphatic rings. The number of rotatable bonds is 3. The van der Waals surface area contributed by atoms with Crippen LogP contribution in [0.15, 0.2) is 182 Å². The first-order chi connectivity index (χ1) is 25.8. The van der Waals surface area contributed by atoms with Crippen molar-refractivity contribution in [2.24, 2.45) is 0 Å². The van der Waals surface area contributed by atoms with Gasteiger partial charge in [0.1, 0.15) is 0 Å². The fraction of sp³-hybridized carbons (Fsp3) is 0. The summed E-state index contributed by atoms with van der Waals surface area (Å²) in [6.45, 7) is 0. The Hall–Kier alpha value is -6.90. The number of aromatic nitrogens is 2. The lowest BCUT2D eigenvalue weighted by Gasteiger charge is -2.12. The van der Waals surface area contributed by atoms with E-state index in [0.717, 1.165) is 0 Å². The van der Waals surface area contributed by atoms with E-state index in [1.807, 2.05) is 0 Å². The van der Waals surface area contributed by atoms with Crippen LogP contribution >= 0.6 is 0 Å². The predicted molar refractivity (Wildman–Crippen MR) is 220 cm³/mol. The summed E-state index contributed by atoms with van der Waals surface area (Å²) in [4.78, 5) is 0. The van der Waals surface area contributed by atoms with E-state index in [9.17, 15) is 0 Å². The van der Waals surface area contributed by atoms with Crippen molar-refractivity contribution < 1.29 is 0 Å². The molecule has 0 saturated carbocycles. The van der Waals surface area contributed by atoms with Gasteiger partial charge in [0.2, 0.25) is 0 Å². The van der Waals surface area contributed by atoms with Gasteiger partial charge < -0.3 is 9.13 Å². The SMILES string of the molecule is c1ccc(-n2c3cc(-c4ccc5c6ccccc6n(-c6ccc7c(c6)-c6cccc8cccc-7c68)c5c4)ccc3c3ccc4ccccc4c32)cc1. The Morgan fingerprint density at radius 2 is 0.904 bits per heavy atom. The van der Waals surface area contributed by atoms with Gasteiger partial charge in [-0.2, -0.15) is 0 Å². The summed E-state index contributed by atoms with van der Waals surface area (Å²) in [5, 5.41) is 10.2. The van der Waals surface area contributed by atoms with Crippen molar-refractivity contribution in [1.82, 2.24) is 9.13 Å². The molecule has 11 aromatic rings. The van der Waals surface area contributed by atoms with Crippen LogP contribution in [0, 0.1) is 0 Å². The van der Waals surface area contributed by atoms with Gasteiger partial charge in [-0.05, 0) is 92.0 Å². The number of hydrogen-bond acceptors (Lipinski definition) is 0. The monoisotopic (exact) mass is 658 g/mol. The first-order valence-corrected chi connectivity index (χ1v) is 18.0. The summed E-state index contributed by atoms with van der Waals surface area (Å²) in [7, 11) is 0. The van der Waals surface area contributed by atoms with Gasteiger partial charge in [-0.3, -0.25) is 0 Å². The summed E-state index contributed by atoms with van der Waals surface area (Å²) in [5.41, 5.74) is 14.9. The molecule has 2 aromatic heterocycles. The minimum absolute atomic E-state index is 1.17. The second-order valence-corrected chi connectivity index (χ2v) is 14.1. The lowest BCUT2D eigenvalue weighted by Crippen LogP contribution is -1.95. The smallest absolute Gasteiger partial charge is 0.0619 e. The van der Waals surface area contributed by atoms with Crippen LogP contribution in [0.3, 0.4) is 0 Å². The highest BCUT2D eigenvalue weighted by Crippen LogP contribution is 2.48. The molecule has 0 aliphatic heterocycles. The zero-order chi connectivity index (χ0) is 33.9. The number of hydrogen-bond donors (Lipinski definition) is 0. The zero-order valence-electron chi connectivity index (χ0n) is 28.2. The molecule has 0 N–H and O–H groups in total. The minimum atomic E-state index is 1.17. The molecule has 2 heteroatoms. The Kier molecular flexibility index (Phi) is 5.53. The van der Waals surface area contributed by atoms with Crippen LogP contribution in [0.25, 0.3) is 110 Å². The van der Waals surface area contributed by atoms with Crippen LogP contribution in [0.5, 0.6) is 0 Å². The van der Waals surface area contributed by atoms with Gasteiger partial charge in [-0.1, -0.05) is 140 Å². The lowest BCUT2D eigenvalue weighted by molar-refractivity contribution is 1.18. The van der Waals surface area contributed by atoms with E-state index in [0.29, 0.717) is 0 Å². The third-order valence-corrected chi connectivity index (χ3v) is 11.4. The Labute approximate surface area is 300 Å². The van der Waals surface area contributed by atoms with E-state index >= 15 is 0 Å². The fourth-order valence-corrected chi connectivity index (χ4v) is 9.15. The van der Waals surface area contributed by atoms with Crippen molar-refractivity contribution in [3.63, 3.8) is 0 Å². The van der Waals surface area contributed by atoms with E-state index in [-0.39, 0.29) is 0 Å². The number of fused-ring (bicyclic) bond motifs is 11. The van der Waals surface area contributed by atoms with Gasteiger partial charge in [-0.15, -0.1) is 0 Å². The minimum Gasteiger partial charge on any atom is -0.309 e. The molecule has 0 amide bonds. The standard InChI is InChI=1S/C50H30N2/c1-2-13-35(14-3-1)52-48-29-34(22-25-41(48)44-26-20-31-10-4-5-15-37(31)50(44)52)33-21-24-40-39-16-6-7-19-46(39)51(47(40)28-33)36-23-27-38-42-17-8-11-32-12-9-18-43(49(32)42)45(38)30-36/h1-30H. The molecule has 1 aliphatic carbocycles. The highest BCUT2D eigenvalue weighted by atomic mass is 15.0. The third kappa shape index (κ3) is 3.73. The maximum Gasteiger partial charge on any atom is 0.0619 e. The van der Waals surface area contributed by atoms with Gasteiger partial charge >= 0.3 is 0 Å². The molecular formula is C50H30N2. The topological polar surface area (TPSA) is 9.86 Å². The zero-order valence-corrected chi connectivity index (χ0v) is 28.2. The molecule has 2 heterocycles. The van der Waals surface area contributed by atoms with Gasteiger partial charge in [0.15, 0.2) is 0 Å². The summed E-state index contributed by atoms with van der Waals surface area (Å²) in [6.07, 6.45) is 0. The summed E-state index contributed by atoms with van der Waals surface area (Å²) in [6, 6.07) is 67.3. The van der Waals surface area contributed by atoms with E-state index in [1.54, 1.807) is 0 Å². The van der Waals surface area contributed by atoms with Gasteiger partial charge in [-0.25, -0.2) is 0 Å². The van der Waals surface area contributed by atoms with E-state index < -0.39 is 0 Å². The molecule has 52 heavy (non-hydrogen) atoms. The Morgan fingerprint density at radius 3 is 1.71 bits per heavy atom. The van der Waals surface area contributed by atoms with Crippen LogP contribution in [-0.2, 0) is 0 Å². The van der Waals surface area contributed by atoms with E-state index in [4.69, 9.17) is 0 Å². The normalized spacial score (nSPS) is 12.2.